The minimum Gasteiger partial charge on any atom is -0.478 e. The molecule has 5 nitrogen and oxygen atoms in total. The van der Waals surface area contributed by atoms with Gasteiger partial charge < -0.3 is 15.7 Å². The molecular weight excluding hydrogens is 375 g/mol. The predicted molar refractivity (Wildman–Crippen MR) is 106 cm³/mol. The van der Waals surface area contributed by atoms with E-state index in [1.807, 2.05) is 6.07 Å². The van der Waals surface area contributed by atoms with E-state index in [0.29, 0.717) is 34.1 Å². The molecule has 0 bridgehead atoms. The molecule has 7 heteroatoms. The second-order valence-electron chi connectivity index (χ2n) is 5.80. The van der Waals surface area contributed by atoms with Crippen LogP contribution < -0.4 is 10.6 Å². The van der Waals surface area contributed by atoms with Gasteiger partial charge in [-0.3, -0.25) is 4.79 Å². The number of benzene rings is 2. The molecular formula is C19H20Cl2N2O3. The molecule has 0 heterocycles. The van der Waals surface area contributed by atoms with E-state index in [2.05, 4.69) is 10.6 Å². The fraction of sp³-hybridized carbons (Fsp3) is 0.263. The predicted octanol–water partition coefficient (Wildman–Crippen LogP) is 4.76. The van der Waals surface area contributed by atoms with Crippen molar-refractivity contribution in [2.24, 2.45) is 0 Å². The third-order valence-corrected chi connectivity index (χ3v) is 4.90. The average Bonchev–Trinajstić information content (AvgIpc) is 2.63. The van der Waals surface area contributed by atoms with Crippen molar-refractivity contribution in [3.63, 3.8) is 0 Å². The molecule has 2 aromatic carbocycles. The molecule has 138 valence electrons. The number of carbonyl (C=O) groups is 2. The first kappa shape index (κ1) is 20.1. The van der Waals surface area contributed by atoms with Crippen LogP contribution in [0.3, 0.4) is 0 Å². The molecule has 0 spiro atoms. The van der Waals surface area contributed by atoms with Crippen molar-refractivity contribution >= 4 is 46.8 Å². The van der Waals surface area contributed by atoms with Gasteiger partial charge in [-0.05, 0) is 54.7 Å². The van der Waals surface area contributed by atoms with Crippen LogP contribution in [0.2, 0.25) is 10.0 Å². The first-order chi connectivity index (χ1) is 12.4. The number of carboxylic acid groups (broad SMARTS) is 1. The van der Waals surface area contributed by atoms with E-state index in [1.54, 1.807) is 26.2 Å². The number of hydrogen-bond acceptors (Lipinski definition) is 4. The van der Waals surface area contributed by atoms with Crippen molar-refractivity contribution in [1.82, 2.24) is 0 Å². The summed E-state index contributed by atoms with van der Waals surface area (Å²) in [5.74, 6) is -1.02. The van der Waals surface area contributed by atoms with E-state index < -0.39 is 5.97 Å². The molecule has 0 atom stereocenters. The summed E-state index contributed by atoms with van der Waals surface area (Å²) in [4.78, 5) is 22.3. The number of rotatable bonds is 8. The van der Waals surface area contributed by atoms with Gasteiger partial charge in [0, 0.05) is 41.1 Å². The summed E-state index contributed by atoms with van der Waals surface area (Å²) in [6.45, 7) is 0. The number of aldehydes is 1. The molecule has 0 aliphatic carbocycles. The summed E-state index contributed by atoms with van der Waals surface area (Å²) >= 11 is 12.5. The zero-order valence-electron chi connectivity index (χ0n) is 14.5. The minimum atomic E-state index is -1.02. The highest BCUT2D eigenvalue weighted by Gasteiger charge is 2.14. The van der Waals surface area contributed by atoms with Crippen molar-refractivity contribution in [3.8, 4) is 0 Å². The van der Waals surface area contributed by atoms with Crippen LogP contribution in [0, 0.1) is 0 Å². The highest BCUT2D eigenvalue weighted by atomic mass is 35.5. The Bertz CT molecular complexity index is 838. The number of hydrogen-bond donors (Lipinski definition) is 3. The Morgan fingerprint density at radius 1 is 1.00 bits per heavy atom. The molecule has 0 saturated carbocycles. The number of aromatic carboxylic acids is 1. The zero-order valence-corrected chi connectivity index (χ0v) is 16.0. The van der Waals surface area contributed by atoms with Crippen molar-refractivity contribution < 1.29 is 14.7 Å². The topological polar surface area (TPSA) is 78.4 Å². The Morgan fingerprint density at radius 2 is 1.54 bits per heavy atom. The van der Waals surface area contributed by atoms with E-state index >= 15 is 0 Å². The second kappa shape index (κ2) is 8.92. The highest BCUT2D eigenvalue weighted by molar-refractivity contribution is 6.32. The van der Waals surface area contributed by atoms with Gasteiger partial charge in [0.2, 0.25) is 0 Å². The van der Waals surface area contributed by atoms with E-state index in [4.69, 9.17) is 23.2 Å². The van der Waals surface area contributed by atoms with Gasteiger partial charge in [-0.1, -0.05) is 23.2 Å². The van der Waals surface area contributed by atoms with E-state index in [9.17, 15) is 14.7 Å². The Hall–Kier alpha value is -2.24. The molecule has 0 saturated heterocycles. The van der Waals surface area contributed by atoms with Crippen molar-refractivity contribution in [2.45, 2.75) is 19.3 Å². The summed E-state index contributed by atoms with van der Waals surface area (Å²) in [7, 11) is 3.43. The Morgan fingerprint density at radius 3 is 2.04 bits per heavy atom. The third-order valence-electron chi connectivity index (χ3n) is 4.19. The molecule has 0 aliphatic rings. The maximum Gasteiger partial charge on any atom is 0.337 e. The van der Waals surface area contributed by atoms with E-state index in [1.165, 1.54) is 6.07 Å². The molecule has 0 fully saturated rings. The fourth-order valence-corrected chi connectivity index (χ4v) is 3.33. The average molecular weight is 395 g/mol. The quantitative estimate of drug-likeness (QED) is 0.562. The summed E-state index contributed by atoms with van der Waals surface area (Å²) in [6, 6.07) is 6.77. The maximum atomic E-state index is 11.2. The summed E-state index contributed by atoms with van der Waals surface area (Å²) in [5.41, 5.74) is 3.74. The number of carbonyl (C=O) groups excluding carboxylic acids is 1. The van der Waals surface area contributed by atoms with Crippen LogP contribution in [-0.2, 0) is 12.8 Å². The van der Waals surface area contributed by atoms with Gasteiger partial charge in [-0.15, -0.1) is 0 Å². The van der Waals surface area contributed by atoms with Crippen LogP contribution in [0.5, 0.6) is 0 Å². The molecule has 26 heavy (non-hydrogen) atoms. The summed E-state index contributed by atoms with van der Waals surface area (Å²) in [5, 5.41) is 16.1. The molecule has 0 aromatic heterocycles. The van der Waals surface area contributed by atoms with Gasteiger partial charge in [0.1, 0.15) is 0 Å². The first-order valence-corrected chi connectivity index (χ1v) is 8.85. The normalized spacial score (nSPS) is 10.5. The molecule has 2 aromatic rings. The van der Waals surface area contributed by atoms with E-state index in [-0.39, 0.29) is 5.56 Å². The lowest BCUT2D eigenvalue weighted by molar-refractivity contribution is 0.0697. The third kappa shape index (κ3) is 4.48. The Balaban J connectivity index is 2.15. The van der Waals surface area contributed by atoms with Crippen LogP contribution >= 0.6 is 23.2 Å². The first-order valence-electron chi connectivity index (χ1n) is 8.10. The number of nitrogens with one attached hydrogen (secondary N) is 2. The lowest BCUT2D eigenvalue weighted by atomic mass is 10.00. The second-order valence-corrected chi connectivity index (χ2v) is 6.61. The number of aryl methyl sites for hydroxylation is 2. The number of halogens is 2. The van der Waals surface area contributed by atoms with Crippen LogP contribution in [0.1, 0.15) is 38.3 Å². The van der Waals surface area contributed by atoms with Crippen LogP contribution in [0.4, 0.5) is 11.4 Å². The molecule has 0 aliphatic heterocycles. The minimum absolute atomic E-state index is 0.146. The SMILES string of the molecule is CNc1cc(CCCc2cc(NC)c(C(=O)O)cc2Cl)c(Cl)cc1C=O. The van der Waals surface area contributed by atoms with Crippen molar-refractivity contribution in [3.05, 3.63) is 56.6 Å². The van der Waals surface area contributed by atoms with E-state index in [0.717, 1.165) is 29.5 Å². The lowest BCUT2D eigenvalue weighted by Crippen LogP contribution is -2.04. The molecule has 0 amide bonds. The molecule has 0 radical (unpaired) electrons. The maximum absolute atomic E-state index is 11.2. The largest absolute Gasteiger partial charge is 0.478 e. The van der Waals surface area contributed by atoms with Crippen molar-refractivity contribution in [1.29, 1.82) is 0 Å². The molecule has 2 rings (SSSR count). The Labute approximate surface area is 162 Å². The molecule has 3 N–H and O–H groups in total. The monoisotopic (exact) mass is 394 g/mol. The summed E-state index contributed by atoms with van der Waals surface area (Å²) in [6.07, 6.45) is 2.93. The van der Waals surface area contributed by atoms with Crippen molar-refractivity contribution in [2.75, 3.05) is 24.7 Å². The van der Waals surface area contributed by atoms with Gasteiger partial charge >= 0.3 is 5.97 Å². The fourth-order valence-electron chi connectivity index (χ4n) is 2.80. The Kier molecular flexibility index (Phi) is 6.89. The van der Waals surface area contributed by atoms with Gasteiger partial charge in [0.15, 0.2) is 6.29 Å². The van der Waals surface area contributed by atoms with Crippen LogP contribution in [-0.4, -0.2) is 31.5 Å². The highest BCUT2D eigenvalue weighted by Crippen LogP contribution is 2.29. The van der Waals surface area contributed by atoms with Gasteiger partial charge in [-0.2, -0.15) is 0 Å². The van der Waals surface area contributed by atoms with Crippen LogP contribution in [0.25, 0.3) is 0 Å². The van der Waals surface area contributed by atoms with Crippen LogP contribution in [0.15, 0.2) is 24.3 Å². The molecule has 0 unspecified atom stereocenters. The zero-order chi connectivity index (χ0) is 19.3. The number of carboxylic acids is 1. The summed E-state index contributed by atoms with van der Waals surface area (Å²) < 4.78 is 0. The lowest BCUT2D eigenvalue weighted by Gasteiger charge is -2.12. The number of anilines is 2. The van der Waals surface area contributed by atoms with Gasteiger partial charge in [0.25, 0.3) is 0 Å². The van der Waals surface area contributed by atoms with Gasteiger partial charge in [0.05, 0.1) is 5.56 Å². The smallest absolute Gasteiger partial charge is 0.337 e. The standard InChI is InChI=1S/C19H20Cl2N2O3/c1-22-17-7-11(15(20)6-13(17)10-24)4-3-5-12-8-18(23-2)14(19(25)26)9-16(12)21/h6-10,22-23H,3-5H2,1-2H3,(H,25,26). The van der Waals surface area contributed by atoms with Gasteiger partial charge in [-0.25, -0.2) is 4.79 Å².